The topological polar surface area (TPSA) is 79.4 Å². The molecule has 8 heteroatoms. The fourth-order valence-electron chi connectivity index (χ4n) is 1.82. The van der Waals surface area contributed by atoms with E-state index >= 15 is 0 Å². The number of aromatic nitrogens is 1. The summed E-state index contributed by atoms with van der Waals surface area (Å²) in [6.07, 6.45) is 1.59. The third-order valence-corrected chi connectivity index (χ3v) is 4.85. The number of hydrogen-bond acceptors (Lipinski definition) is 4. The molecule has 1 heterocycles. The SMILES string of the molecule is Cc1ccc(NC(=O)CN(C)S(=O)(=O)c2cccc(F)c2)nc1. The molecule has 0 aliphatic heterocycles. The fourth-order valence-corrected chi connectivity index (χ4v) is 2.98. The quantitative estimate of drug-likeness (QED) is 0.902. The van der Waals surface area contributed by atoms with E-state index in [9.17, 15) is 17.6 Å². The molecule has 1 amide bonds. The second-order valence-corrected chi connectivity index (χ2v) is 7.03. The van der Waals surface area contributed by atoms with E-state index < -0.39 is 28.3 Å². The fraction of sp³-hybridized carbons (Fsp3) is 0.200. The van der Waals surface area contributed by atoms with Crippen molar-refractivity contribution < 1.29 is 17.6 Å². The zero-order valence-corrected chi connectivity index (χ0v) is 13.5. The maximum atomic E-state index is 13.2. The third-order valence-electron chi connectivity index (χ3n) is 3.05. The Morgan fingerprint density at radius 2 is 2.04 bits per heavy atom. The van der Waals surface area contributed by atoms with Crippen molar-refractivity contribution in [3.63, 3.8) is 0 Å². The molecule has 122 valence electrons. The second-order valence-electron chi connectivity index (χ2n) is 4.99. The van der Waals surface area contributed by atoms with E-state index in [1.54, 1.807) is 18.3 Å². The van der Waals surface area contributed by atoms with Crippen molar-refractivity contribution in [2.45, 2.75) is 11.8 Å². The van der Waals surface area contributed by atoms with Crippen LogP contribution in [-0.2, 0) is 14.8 Å². The van der Waals surface area contributed by atoms with Gasteiger partial charge in [0.05, 0.1) is 11.4 Å². The monoisotopic (exact) mass is 337 g/mol. The molecule has 0 radical (unpaired) electrons. The van der Waals surface area contributed by atoms with Gasteiger partial charge in [-0.25, -0.2) is 17.8 Å². The van der Waals surface area contributed by atoms with Crippen molar-refractivity contribution in [2.75, 3.05) is 18.9 Å². The number of pyridine rings is 1. The van der Waals surface area contributed by atoms with E-state index in [4.69, 9.17) is 0 Å². The Labute approximate surface area is 134 Å². The number of nitrogens with one attached hydrogen (secondary N) is 1. The molecule has 2 rings (SSSR count). The van der Waals surface area contributed by atoms with Gasteiger partial charge in [0.15, 0.2) is 0 Å². The predicted molar refractivity (Wildman–Crippen MR) is 83.8 cm³/mol. The highest BCUT2D eigenvalue weighted by Crippen LogP contribution is 2.15. The minimum absolute atomic E-state index is 0.207. The zero-order valence-electron chi connectivity index (χ0n) is 12.7. The normalized spacial score (nSPS) is 11.5. The van der Waals surface area contributed by atoms with Crippen LogP contribution in [0.4, 0.5) is 10.2 Å². The average Bonchev–Trinajstić information content (AvgIpc) is 2.49. The number of hydrogen-bond donors (Lipinski definition) is 1. The van der Waals surface area contributed by atoms with Crippen molar-refractivity contribution in [2.24, 2.45) is 0 Å². The minimum atomic E-state index is -3.94. The standard InChI is InChI=1S/C15H16FN3O3S/c1-11-6-7-14(17-9-11)18-15(20)10-19(2)23(21,22)13-5-3-4-12(16)8-13/h3-9H,10H2,1-2H3,(H,17,18,20). The van der Waals surface area contributed by atoms with Crippen molar-refractivity contribution in [3.05, 3.63) is 54.0 Å². The Morgan fingerprint density at radius 1 is 1.30 bits per heavy atom. The molecule has 0 unspecified atom stereocenters. The summed E-state index contributed by atoms with van der Waals surface area (Å²) in [5.41, 5.74) is 0.939. The lowest BCUT2D eigenvalue weighted by molar-refractivity contribution is -0.116. The number of rotatable bonds is 5. The Bertz CT molecular complexity index is 807. The van der Waals surface area contributed by atoms with Crippen molar-refractivity contribution in [1.29, 1.82) is 0 Å². The number of anilines is 1. The van der Waals surface area contributed by atoms with Crippen LogP contribution in [0.15, 0.2) is 47.5 Å². The van der Waals surface area contributed by atoms with E-state index in [2.05, 4.69) is 10.3 Å². The summed E-state index contributed by atoms with van der Waals surface area (Å²) < 4.78 is 38.6. The summed E-state index contributed by atoms with van der Waals surface area (Å²) in [4.78, 5) is 15.7. The van der Waals surface area contributed by atoms with Crippen LogP contribution in [0.25, 0.3) is 0 Å². The maximum Gasteiger partial charge on any atom is 0.243 e. The summed E-state index contributed by atoms with van der Waals surface area (Å²) in [6, 6.07) is 8.02. The van der Waals surface area contributed by atoms with Crippen LogP contribution in [-0.4, -0.2) is 37.2 Å². The molecule has 0 spiro atoms. The number of sulfonamides is 1. The van der Waals surface area contributed by atoms with Gasteiger partial charge in [-0.2, -0.15) is 4.31 Å². The lowest BCUT2D eigenvalue weighted by Crippen LogP contribution is -2.35. The molecule has 0 saturated heterocycles. The van der Waals surface area contributed by atoms with Gasteiger partial charge in [0, 0.05) is 13.2 Å². The first-order valence-electron chi connectivity index (χ1n) is 6.73. The summed E-state index contributed by atoms with van der Waals surface area (Å²) in [5, 5.41) is 2.50. The maximum absolute atomic E-state index is 13.2. The lowest BCUT2D eigenvalue weighted by atomic mass is 10.3. The minimum Gasteiger partial charge on any atom is -0.310 e. The summed E-state index contributed by atoms with van der Waals surface area (Å²) in [7, 11) is -2.69. The molecule has 0 aliphatic rings. The largest absolute Gasteiger partial charge is 0.310 e. The molecule has 2 aromatic rings. The van der Waals surface area contributed by atoms with Crippen LogP contribution in [0.3, 0.4) is 0 Å². The Balaban J connectivity index is 2.06. The number of halogens is 1. The smallest absolute Gasteiger partial charge is 0.243 e. The van der Waals surface area contributed by atoms with Gasteiger partial charge in [-0.3, -0.25) is 4.79 Å². The van der Waals surface area contributed by atoms with Gasteiger partial charge in [0.2, 0.25) is 15.9 Å². The van der Waals surface area contributed by atoms with Crippen LogP contribution in [0, 0.1) is 12.7 Å². The lowest BCUT2D eigenvalue weighted by Gasteiger charge is -2.16. The van der Waals surface area contributed by atoms with Crippen LogP contribution >= 0.6 is 0 Å². The Hall–Kier alpha value is -2.32. The molecule has 0 saturated carbocycles. The highest BCUT2D eigenvalue weighted by Gasteiger charge is 2.23. The molecular weight excluding hydrogens is 321 g/mol. The van der Waals surface area contributed by atoms with Gasteiger partial charge in [-0.15, -0.1) is 0 Å². The molecule has 0 atom stereocenters. The van der Waals surface area contributed by atoms with Crippen molar-refractivity contribution in [3.8, 4) is 0 Å². The van der Waals surface area contributed by atoms with Crippen molar-refractivity contribution >= 4 is 21.7 Å². The first-order chi connectivity index (χ1) is 10.8. The number of amides is 1. The molecule has 6 nitrogen and oxygen atoms in total. The second kappa shape index (κ2) is 6.84. The molecule has 0 aliphatic carbocycles. The van der Waals surface area contributed by atoms with Crippen LogP contribution < -0.4 is 5.32 Å². The zero-order chi connectivity index (χ0) is 17.0. The molecular formula is C15H16FN3O3S. The third kappa shape index (κ3) is 4.33. The van der Waals surface area contributed by atoms with Gasteiger partial charge >= 0.3 is 0 Å². The molecule has 0 fully saturated rings. The molecule has 1 aromatic heterocycles. The summed E-state index contributed by atoms with van der Waals surface area (Å²) in [5.74, 6) is -0.867. The van der Waals surface area contributed by atoms with Crippen molar-refractivity contribution in [1.82, 2.24) is 9.29 Å². The van der Waals surface area contributed by atoms with Crippen LogP contribution in [0.5, 0.6) is 0 Å². The van der Waals surface area contributed by atoms with Gasteiger partial charge in [-0.1, -0.05) is 12.1 Å². The van der Waals surface area contributed by atoms with E-state index in [1.165, 1.54) is 19.2 Å². The van der Waals surface area contributed by atoms with Gasteiger partial charge in [0.25, 0.3) is 0 Å². The highest BCUT2D eigenvalue weighted by molar-refractivity contribution is 7.89. The van der Waals surface area contributed by atoms with Gasteiger partial charge in [-0.05, 0) is 36.8 Å². The number of aryl methyl sites for hydroxylation is 1. The number of likely N-dealkylation sites (N-methyl/N-ethyl adjacent to an activating group) is 1. The van der Waals surface area contributed by atoms with Crippen LogP contribution in [0.2, 0.25) is 0 Å². The van der Waals surface area contributed by atoms with Crippen LogP contribution in [0.1, 0.15) is 5.56 Å². The number of nitrogens with zero attached hydrogens (tertiary/aromatic N) is 2. The molecule has 1 N–H and O–H groups in total. The highest BCUT2D eigenvalue weighted by atomic mass is 32.2. The predicted octanol–water partition coefficient (Wildman–Crippen LogP) is 1.79. The van der Waals surface area contributed by atoms with E-state index in [0.717, 1.165) is 22.0 Å². The molecule has 0 bridgehead atoms. The van der Waals surface area contributed by atoms with Gasteiger partial charge < -0.3 is 5.32 Å². The number of carbonyl (C=O) groups is 1. The van der Waals surface area contributed by atoms with Gasteiger partial charge in [0.1, 0.15) is 11.6 Å². The number of carbonyl (C=O) groups excluding carboxylic acids is 1. The number of benzene rings is 1. The Morgan fingerprint density at radius 3 is 2.65 bits per heavy atom. The van der Waals surface area contributed by atoms with E-state index in [0.29, 0.717) is 5.82 Å². The molecule has 23 heavy (non-hydrogen) atoms. The first-order valence-corrected chi connectivity index (χ1v) is 8.17. The van der Waals surface area contributed by atoms with E-state index in [1.807, 2.05) is 6.92 Å². The van der Waals surface area contributed by atoms with E-state index in [-0.39, 0.29) is 4.90 Å². The molecule has 1 aromatic carbocycles. The summed E-state index contributed by atoms with van der Waals surface area (Å²) in [6.45, 7) is 1.45. The average molecular weight is 337 g/mol. The summed E-state index contributed by atoms with van der Waals surface area (Å²) >= 11 is 0. The first kappa shape index (κ1) is 17.0. The Kier molecular flexibility index (Phi) is 5.07.